The van der Waals surface area contributed by atoms with E-state index in [9.17, 15) is 9.59 Å². The predicted molar refractivity (Wildman–Crippen MR) is 79.3 cm³/mol. The van der Waals surface area contributed by atoms with Gasteiger partial charge in [0.1, 0.15) is 5.76 Å². The lowest BCUT2D eigenvalue weighted by molar-refractivity contribution is -0.120. The Labute approximate surface area is 128 Å². The smallest absolute Gasteiger partial charge is 0.360 e. The van der Waals surface area contributed by atoms with Crippen molar-refractivity contribution in [3.05, 3.63) is 53.4 Å². The molecule has 6 nitrogen and oxygen atoms in total. The molecule has 0 fully saturated rings. The van der Waals surface area contributed by atoms with Crippen molar-refractivity contribution in [2.45, 2.75) is 19.8 Å². The van der Waals surface area contributed by atoms with Crippen LogP contribution in [0.3, 0.4) is 0 Å². The molecule has 1 N–H and O–H groups in total. The van der Waals surface area contributed by atoms with E-state index in [4.69, 9.17) is 9.26 Å². The summed E-state index contributed by atoms with van der Waals surface area (Å²) in [5.74, 6) is -0.0370. The number of hydrogen-bond donors (Lipinski definition) is 1. The molecule has 0 radical (unpaired) electrons. The molecule has 2 aromatic rings. The van der Waals surface area contributed by atoms with E-state index in [0.717, 1.165) is 5.56 Å². The molecule has 0 aliphatic heterocycles. The highest BCUT2D eigenvalue weighted by Crippen LogP contribution is 2.06. The van der Waals surface area contributed by atoms with Gasteiger partial charge in [-0.05, 0) is 12.5 Å². The van der Waals surface area contributed by atoms with Crippen LogP contribution in [0.2, 0.25) is 0 Å². The third-order valence-electron chi connectivity index (χ3n) is 2.94. The Bertz CT molecular complexity index is 622. The predicted octanol–water partition coefficient (Wildman–Crippen LogP) is 1.75. The minimum atomic E-state index is -0.509. The molecule has 0 aliphatic carbocycles. The van der Waals surface area contributed by atoms with Crippen LogP contribution in [0.5, 0.6) is 0 Å². The molecular weight excluding hydrogens is 284 g/mol. The highest BCUT2D eigenvalue weighted by atomic mass is 16.5. The number of amides is 1. The summed E-state index contributed by atoms with van der Waals surface area (Å²) in [7, 11) is 0. The molecule has 0 saturated carbocycles. The SMILES string of the molecule is CCOC(=O)c1cc(CCNC(=O)Cc2ccccc2)on1. The van der Waals surface area contributed by atoms with Crippen molar-refractivity contribution in [1.29, 1.82) is 0 Å². The van der Waals surface area contributed by atoms with Crippen LogP contribution < -0.4 is 5.32 Å². The molecule has 6 heteroatoms. The van der Waals surface area contributed by atoms with Gasteiger partial charge < -0.3 is 14.6 Å². The van der Waals surface area contributed by atoms with Crippen molar-refractivity contribution >= 4 is 11.9 Å². The maximum atomic E-state index is 11.8. The number of carbonyl (C=O) groups is 2. The molecule has 0 spiro atoms. The summed E-state index contributed by atoms with van der Waals surface area (Å²) >= 11 is 0. The monoisotopic (exact) mass is 302 g/mol. The Morgan fingerprint density at radius 1 is 1.27 bits per heavy atom. The first kappa shape index (κ1) is 15.8. The van der Waals surface area contributed by atoms with Crippen LogP contribution in [-0.2, 0) is 22.4 Å². The zero-order valence-corrected chi connectivity index (χ0v) is 12.4. The summed E-state index contributed by atoms with van der Waals surface area (Å²) in [6, 6.07) is 11.0. The molecule has 0 bridgehead atoms. The highest BCUT2D eigenvalue weighted by Gasteiger charge is 2.13. The van der Waals surface area contributed by atoms with E-state index in [1.165, 1.54) is 6.07 Å². The van der Waals surface area contributed by atoms with Crippen LogP contribution >= 0.6 is 0 Å². The summed E-state index contributed by atoms with van der Waals surface area (Å²) in [6.45, 7) is 2.43. The van der Waals surface area contributed by atoms with Gasteiger partial charge in [0.25, 0.3) is 0 Å². The Kier molecular flexibility index (Phi) is 5.71. The van der Waals surface area contributed by atoms with Crippen molar-refractivity contribution in [3.63, 3.8) is 0 Å². The first-order chi connectivity index (χ1) is 10.7. The lowest BCUT2D eigenvalue weighted by atomic mass is 10.1. The van der Waals surface area contributed by atoms with Gasteiger partial charge in [-0.1, -0.05) is 35.5 Å². The summed E-state index contributed by atoms with van der Waals surface area (Å²) in [5.41, 5.74) is 1.11. The number of aromatic nitrogens is 1. The number of nitrogens with one attached hydrogen (secondary N) is 1. The van der Waals surface area contributed by atoms with Crippen LogP contribution in [0.15, 0.2) is 40.9 Å². The van der Waals surface area contributed by atoms with E-state index in [0.29, 0.717) is 25.1 Å². The molecule has 2 rings (SSSR count). The minimum absolute atomic E-state index is 0.0590. The quantitative estimate of drug-likeness (QED) is 0.788. The molecule has 1 amide bonds. The van der Waals surface area contributed by atoms with E-state index >= 15 is 0 Å². The van der Waals surface area contributed by atoms with E-state index in [1.807, 2.05) is 30.3 Å². The number of benzene rings is 1. The van der Waals surface area contributed by atoms with Crippen molar-refractivity contribution in [3.8, 4) is 0 Å². The second-order valence-electron chi connectivity index (χ2n) is 4.66. The van der Waals surface area contributed by atoms with E-state index < -0.39 is 5.97 Å². The van der Waals surface area contributed by atoms with Gasteiger partial charge >= 0.3 is 5.97 Å². The average molecular weight is 302 g/mol. The van der Waals surface area contributed by atoms with Gasteiger partial charge in [-0.15, -0.1) is 0 Å². The number of carbonyl (C=O) groups excluding carboxylic acids is 2. The first-order valence-electron chi connectivity index (χ1n) is 7.12. The van der Waals surface area contributed by atoms with Crippen LogP contribution in [0.25, 0.3) is 0 Å². The Morgan fingerprint density at radius 3 is 2.77 bits per heavy atom. The van der Waals surface area contributed by atoms with Crippen LogP contribution in [0.4, 0.5) is 0 Å². The average Bonchev–Trinajstić information content (AvgIpc) is 2.97. The fourth-order valence-electron chi connectivity index (χ4n) is 1.90. The fourth-order valence-corrected chi connectivity index (χ4v) is 1.90. The molecule has 1 aromatic heterocycles. The summed E-state index contributed by atoms with van der Waals surface area (Å²) in [5, 5.41) is 6.44. The Hall–Kier alpha value is -2.63. The Balaban J connectivity index is 1.74. The lowest BCUT2D eigenvalue weighted by Crippen LogP contribution is -2.27. The first-order valence-corrected chi connectivity index (χ1v) is 7.12. The van der Waals surface area contributed by atoms with Crippen molar-refractivity contribution in [1.82, 2.24) is 10.5 Å². The summed E-state index contributed by atoms with van der Waals surface area (Å²) in [4.78, 5) is 23.2. The summed E-state index contributed by atoms with van der Waals surface area (Å²) < 4.78 is 9.85. The van der Waals surface area contributed by atoms with Crippen molar-refractivity contribution in [2.75, 3.05) is 13.2 Å². The van der Waals surface area contributed by atoms with Gasteiger partial charge in [0.2, 0.25) is 5.91 Å². The number of ether oxygens (including phenoxy) is 1. The van der Waals surface area contributed by atoms with Gasteiger partial charge in [0.05, 0.1) is 13.0 Å². The minimum Gasteiger partial charge on any atom is -0.461 e. The molecule has 1 aromatic carbocycles. The third kappa shape index (κ3) is 4.73. The summed E-state index contributed by atoms with van der Waals surface area (Å²) in [6.07, 6.45) is 0.804. The number of nitrogens with zero attached hydrogens (tertiary/aromatic N) is 1. The number of rotatable bonds is 7. The van der Waals surface area contributed by atoms with E-state index in [1.54, 1.807) is 6.92 Å². The van der Waals surface area contributed by atoms with E-state index in [-0.39, 0.29) is 18.2 Å². The molecule has 0 atom stereocenters. The molecule has 0 saturated heterocycles. The van der Waals surface area contributed by atoms with Crippen molar-refractivity contribution in [2.24, 2.45) is 0 Å². The van der Waals surface area contributed by atoms with Crippen LogP contribution in [-0.4, -0.2) is 30.2 Å². The molecular formula is C16H18N2O4. The Morgan fingerprint density at radius 2 is 2.05 bits per heavy atom. The van der Waals surface area contributed by atoms with Gasteiger partial charge in [0, 0.05) is 19.0 Å². The normalized spacial score (nSPS) is 10.2. The van der Waals surface area contributed by atoms with Crippen LogP contribution in [0.1, 0.15) is 28.7 Å². The molecule has 1 heterocycles. The van der Waals surface area contributed by atoms with Gasteiger partial charge in [-0.25, -0.2) is 4.79 Å². The molecule has 116 valence electrons. The molecule has 0 unspecified atom stereocenters. The maximum absolute atomic E-state index is 11.8. The third-order valence-corrected chi connectivity index (χ3v) is 2.94. The second kappa shape index (κ2) is 7.97. The van der Waals surface area contributed by atoms with Crippen LogP contribution in [0, 0.1) is 0 Å². The van der Waals surface area contributed by atoms with Gasteiger partial charge in [-0.2, -0.15) is 0 Å². The zero-order valence-electron chi connectivity index (χ0n) is 12.4. The van der Waals surface area contributed by atoms with Gasteiger partial charge in [-0.3, -0.25) is 4.79 Å². The second-order valence-corrected chi connectivity index (χ2v) is 4.66. The van der Waals surface area contributed by atoms with Gasteiger partial charge in [0.15, 0.2) is 5.69 Å². The number of esters is 1. The van der Waals surface area contributed by atoms with Crippen molar-refractivity contribution < 1.29 is 18.8 Å². The lowest BCUT2D eigenvalue weighted by Gasteiger charge is -2.03. The zero-order chi connectivity index (χ0) is 15.8. The molecule has 0 aliphatic rings. The maximum Gasteiger partial charge on any atom is 0.360 e. The topological polar surface area (TPSA) is 81.4 Å². The number of hydrogen-bond acceptors (Lipinski definition) is 5. The highest BCUT2D eigenvalue weighted by molar-refractivity contribution is 5.87. The largest absolute Gasteiger partial charge is 0.461 e. The van der Waals surface area contributed by atoms with E-state index in [2.05, 4.69) is 10.5 Å². The standard InChI is InChI=1S/C16H18N2O4/c1-2-21-16(20)14-11-13(22-18-14)8-9-17-15(19)10-12-6-4-3-5-7-12/h3-7,11H,2,8-10H2,1H3,(H,17,19). The molecule has 22 heavy (non-hydrogen) atoms. The fraction of sp³-hybridized carbons (Fsp3) is 0.312.